The zero-order valence-corrected chi connectivity index (χ0v) is 7.48. The number of piperidine rings is 1. The molecule has 62 valence electrons. The summed E-state index contributed by atoms with van der Waals surface area (Å²) in [6.07, 6.45) is 2.43. The van der Waals surface area contributed by atoms with Crippen molar-refractivity contribution in [2.75, 3.05) is 13.1 Å². The molecule has 1 heterocycles. The Morgan fingerprint density at radius 3 is 2.91 bits per heavy atom. The minimum absolute atomic E-state index is 0.797. The second kappa shape index (κ2) is 4.41. The average molecular weight is 151 g/mol. The molecule has 0 amide bonds. The maximum atomic E-state index is 3.43. The molecule has 1 aliphatic heterocycles. The molecular formula is C10H17N. The van der Waals surface area contributed by atoms with Crippen molar-refractivity contribution in [3.8, 4) is 11.8 Å². The molecule has 1 aliphatic rings. The standard InChI is InChI=1S/C10H17N/c1-3-4-5-10-6-9(2)7-11-8-10/h9-11H,5-8H2,1-2H3. The summed E-state index contributed by atoms with van der Waals surface area (Å²) in [6.45, 7) is 6.58. The molecule has 0 aromatic carbocycles. The first-order chi connectivity index (χ1) is 5.33. The first-order valence-corrected chi connectivity index (χ1v) is 4.43. The van der Waals surface area contributed by atoms with Gasteiger partial charge in [-0.3, -0.25) is 0 Å². The molecule has 0 bridgehead atoms. The van der Waals surface area contributed by atoms with E-state index < -0.39 is 0 Å². The van der Waals surface area contributed by atoms with Crippen LogP contribution in [0.1, 0.15) is 26.7 Å². The fourth-order valence-electron chi connectivity index (χ4n) is 1.67. The van der Waals surface area contributed by atoms with Crippen molar-refractivity contribution >= 4 is 0 Å². The zero-order valence-electron chi connectivity index (χ0n) is 7.48. The highest BCUT2D eigenvalue weighted by Crippen LogP contribution is 2.17. The Labute approximate surface area is 69.6 Å². The third-order valence-electron chi connectivity index (χ3n) is 2.23. The van der Waals surface area contributed by atoms with Crippen LogP contribution in [0.2, 0.25) is 0 Å². The molecular weight excluding hydrogens is 134 g/mol. The number of nitrogens with one attached hydrogen (secondary N) is 1. The molecule has 11 heavy (non-hydrogen) atoms. The highest BCUT2D eigenvalue weighted by Gasteiger charge is 2.16. The number of hydrogen-bond donors (Lipinski definition) is 1. The molecule has 0 spiro atoms. The van der Waals surface area contributed by atoms with Gasteiger partial charge in [-0.15, -0.1) is 11.8 Å². The summed E-state index contributed by atoms with van der Waals surface area (Å²) in [4.78, 5) is 0. The molecule has 0 aliphatic carbocycles. The van der Waals surface area contributed by atoms with Crippen LogP contribution in [0.4, 0.5) is 0 Å². The predicted octanol–water partition coefficient (Wildman–Crippen LogP) is 1.65. The fraction of sp³-hybridized carbons (Fsp3) is 0.800. The van der Waals surface area contributed by atoms with Gasteiger partial charge in [0.2, 0.25) is 0 Å². The second-order valence-corrected chi connectivity index (χ2v) is 3.50. The third-order valence-corrected chi connectivity index (χ3v) is 2.23. The molecule has 0 aromatic rings. The van der Waals surface area contributed by atoms with E-state index in [9.17, 15) is 0 Å². The van der Waals surface area contributed by atoms with Crippen LogP contribution in [0, 0.1) is 23.7 Å². The van der Waals surface area contributed by atoms with Crippen LogP contribution in [-0.4, -0.2) is 13.1 Å². The maximum absolute atomic E-state index is 3.43. The zero-order chi connectivity index (χ0) is 8.10. The van der Waals surface area contributed by atoms with E-state index in [0.717, 1.165) is 18.3 Å². The molecule has 1 heteroatoms. The lowest BCUT2D eigenvalue weighted by molar-refractivity contribution is 0.307. The highest BCUT2D eigenvalue weighted by atomic mass is 14.9. The largest absolute Gasteiger partial charge is 0.316 e. The van der Waals surface area contributed by atoms with Crippen LogP contribution < -0.4 is 5.32 Å². The molecule has 1 fully saturated rings. The van der Waals surface area contributed by atoms with Gasteiger partial charge < -0.3 is 5.32 Å². The van der Waals surface area contributed by atoms with Gasteiger partial charge in [0.05, 0.1) is 0 Å². The van der Waals surface area contributed by atoms with E-state index in [2.05, 4.69) is 24.1 Å². The van der Waals surface area contributed by atoms with Crippen LogP contribution in [0.3, 0.4) is 0 Å². The Morgan fingerprint density at radius 2 is 2.27 bits per heavy atom. The minimum atomic E-state index is 0.797. The Hall–Kier alpha value is -0.480. The van der Waals surface area contributed by atoms with Crippen LogP contribution in [0.25, 0.3) is 0 Å². The number of hydrogen-bond acceptors (Lipinski definition) is 1. The molecule has 1 N–H and O–H groups in total. The quantitative estimate of drug-likeness (QED) is 0.562. The summed E-state index contributed by atoms with van der Waals surface area (Å²) in [6, 6.07) is 0. The lowest BCUT2D eigenvalue weighted by atomic mass is 9.90. The van der Waals surface area contributed by atoms with Crippen molar-refractivity contribution < 1.29 is 0 Å². The van der Waals surface area contributed by atoms with Gasteiger partial charge in [-0.1, -0.05) is 6.92 Å². The van der Waals surface area contributed by atoms with E-state index >= 15 is 0 Å². The molecule has 2 unspecified atom stereocenters. The first kappa shape index (κ1) is 8.62. The SMILES string of the molecule is CC#CCC1CNCC(C)C1. The Balaban J connectivity index is 2.26. The Kier molecular flexibility index (Phi) is 3.45. The van der Waals surface area contributed by atoms with Gasteiger partial charge in [0, 0.05) is 6.42 Å². The van der Waals surface area contributed by atoms with Crippen molar-refractivity contribution in [1.29, 1.82) is 0 Å². The predicted molar refractivity (Wildman–Crippen MR) is 48.2 cm³/mol. The summed E-state index contributed by atoms with van der Waals surface area (Å²) in [5, 5.41) is 3.43. The lowest BCUT2D eigenvalue weighted by Gasteiger charge is -2.26. The summed E-state index contributed by atoms with van der Waals surface area (Å²) in [7, 11) is 0. The summed E-state index contributed by atoms with van der Waals surface area (Å²) in [5.74, 6) is 7.74. The van der Waals surface area contributed by atoms with Gasteiger partial charge in [0.25, 0.3) is 0 Å². The topological polar surface area (TPSA) is 12.0 Å². The van der Waals surface area contributed by atoms with Gasteiger partial charge in [-0.05, 0) is 38.3 Å². The third kappa shape index (κ3) is 2.95. The van der Waals surface area contributed by atoms with E-state index in [0.29, 0.717) is 0 Å². The van der Waals surface area contributed by atoms with E-state index in [1.807, 2.05) is 6.92 Å². The van der Waals surface area contributed by atoms with Crippen LogP contribution in [-0.2, 0) is 0 Å². The monoisotopic (exact) mass is 151 g/mol. The molecule has 0 aromatic heterocycles. The van der Waals surface area contributed by atoms with Crippen molar-refractivity contribution in [2.45, 2.75) is 26.7 Å². The summed E-state index contributed by atoms with van der Waals surface area (Å²) < 4.78 is 0. The van der Waals surface area contributed by atoms with Gasteiger partial charge in [0.1, 0.15) is 0 Å². The first-order valence-electron chi connectivity index (χ1n) is 4.43. The fourth-order valence-corrected chi connectivity index (χ4v) is 1.67. The Bertz CT molecular complexity index is 163. The number of rotatable bonds is 1. The van der Waals surface area contributed by atoms with E-state index in [1.165, 1.54) is 19.5 Å². The summed E-state index contributed by atoms with van der Waals surface area (Å²) in [5.41, 5.74) is 0. The molecule has 2 atom stereocenters. The Morgan fingerprint density at radius 1 is 1.45 bits per heavy atom. The minimum Gasteiger partial charge on any atom is -0.316 e. The van der Waals surface area contributed by atoms with Gasteiger partial charge in [-0.25, -0.2) is 0 Å². The molecule has 0 radical (unpaired) electrons. The van der Waals surface area contributed by atoms with Crippen LogP contribution in [0.5, 0.6) is 0 Å². The van der Waals surface area contributed by atoms with Crippen molar-refractivity contribution in [3.05, 3.63) is 0 Å². The maximum Gasteiger partial charge on any atom is 0.0129 e. The van der Waals surface area contributed by atoms with Gasteiger partial charge in [0.15, 0.2) is 0 Å². The van der Waals surface area contributed by atoms with Crippen molar-refractivity contribution in [2.24, 2.45) is 11.8 Å². The van der Waals surface area contributed by atoms with E-state index in [-0.39, 0.29) is 0 Å². The van der Waals surface area contributed by atoms with Crippen LogP contribution in [0.15, 0.2) is 0 Å². The van der Waals surface area contributed by atoms with E-state index in [4.69, 9.17) is 0 Å². The van der Waals surface area contributed by atoms with E-state index in [1.54, 1.807) is 0 Å². The average Bonchev–Trinajstić information content (AvgIpc) is 2.01. The molecule has 1 saturated heterocycles. The lowest BCUT2D eigenvalue weighted by Crippen LogP contribution is -2.34. The van der Waals surface area contributed by atoms with Crippen molar-refractivity contribution in [3.63, 3.8) is 0 Å². The van der Waals surface area contributed by atoms with Crippen molar-refractivity contribution in [1.82, 2.24) is 5.32 Å². The second-order valence-electron chi connectivity index (χ2n) is 3.50. The van der Waals surface area contributed by atoms with Crippen LogP contribution >= 0.6 is 0 Å². The van der Waals surface area contributed by atoms with Gasteiger partial charge in [-0.2, -0.15) is 0 Å². The molecule has 1 rings (SSSR count). The normalized spacial score (nSPS) is 30.7. The smallest absolute Gasteiger partial charge is 0.0129 e. The summed E-state index contributed by atoms with van der Waals surface area (Å²) >= 11 is 0. The molecule has 1 nitrogen and oxygen atoms in total. The van der Waals surface area contributed by atoms with Gasteiger partial charge >= 0.3 is 0 Å². The molecule has 0 saturated carbocycles. The highest BCUT2D eigenvalue weighted by molar-refractivity contribution is 4.97.